The average molecular weight is 550 g/mol. The van der Waals surface area contributed by atoms with Crippen LogP contribution in [0.4, 0.5) is 5.69 Å². The molecule has 38 heavy (non-hydrogen) atoms. The fourth-order valence-corrected chi connectivity index (χ4v) is 4.72. The summed E-state index contributed by atoms with van der Waals surface area (Å²) in [5.74, 6) is 0.473. The second-order valence-corrected chi connectivity index (χ2v) is 10.8. The van der Waals surface area contributed by atoms with Crippen molar-refractivity contribution in [1.82, 2.24) is 10.2 Å². The molecule has 10 nitrogen and oxygen atoms in total. The van der Waals surface area contributed by atoms with Gasteiger partial charge in [-0.2, -0.15) is 0 Å². The van der Waals surface area contributed by atoms with Gasteiger partial charge in [0.2, 0.25) is 21.8 Å². The minimum Gasteiger partial charge on any atom is -0.497 e. The highest BCUT2D eigenvalue weighted by molar-refractivity contribution is 7.92. The zero-order valence-electron chi connectivity index (χ0n) is 23.2. The number of methoxy groups -OCH3 is 3. The van der Waals surface area contributed by atoms with E-state index in [2.05, 4.69) is 5.32 Å². The van der Waals surface area contributed by atoms with Crippen LogP contribution in [0.1, 0.15) is 39.2 Å². The first kappa shape index (κ1) is 30.8. The summed E-state index contributed by atoms with van der Waals surface area (Å²) in [6.45, 7) is 5.22. The third kappa shape index (κ3) is 8.01. The lowest BCUT2D eigenvalue weighted by molar-refractivity contribution is -0.140. The van der Waals surface area contributed by atoms with Gasteiger partial charge >= 0.3 is 0 Å². The molecule has 0 spiro atoms. The monoisotopic (exact) mass is 549 g/mol. The van der Waals surface area contributed by atoms with Crippen LogP contribution >= 0.6 is 0 Å². The van der Waals surface area contributed by atoms with Crippen LogP contribution in [0.3, 0.4) is 0 Å². The van der Waals surface area contributed by atoms with Crippen LogP contribution < -0.4 is 23.8 Å². The number of carbonyl (C=O) groups excluding carboxylic acids is 2. The summed E-state index contributed by atoms with van der Waals surface area (Å²) in [5, 5.41) is 2.95. The van der Waals surface area contributed by atoms with Crippen LogP contribution in [0.25, 0.3) is 0 Å². The molecule has 1 N–H and O–H groups in total. The van der Waals surface area contributed by atoms with Crippen molar-refractivity contribution in [3.8, 4) is 17.2 Å². The number of benzene rings is 2. The average Bonchev–Trinajstić information content (AvgIpc) is 2.90. The second kappa shape index (κ2) is 13.9. The Morgan fingerprint density at radius 1 is 0.921 bits per heavy atom. The zero-order valence-corrected chi connectivity index (χ0v) is 24.0. The number of rotatable bonds is 14. The Bertz CT molecular complexity index is 1190. The number of nitrogens with one attached hydrogen (secondary N) is 1. The quantitative estimate of drug-likeness (QED) is 0.385. The summed E-state index contributed by atoms with van der Waals surface area (Å²) in [5.41, 5.74) is 0.919. The Kier molecular flexibility index (Phi) is 11.2. The van der Waals surface area contributed by atoms with Gasteiger partial charge < -0.3 is 24.4 Å². The lowest BCUT2D eigenvalue weighted by Gasteiger charge is -2.33. The highest BCUT2D eigenvalue weighted by atomic mass is 32.2. The summed E-state index contributed by atoms with van der Waals surface area (Å²) in [6, 6.07) is 10.9. The fourth-order valence-electron chi connectivity index (χ4n) is 3.87. The van der Waals surface area contributed by atoms with Crippen LogP contribution in [0.5, 0.6) is 17.2 Å². The topological polar surface area (TPSA) is 114 Å². The SMILES string of the molecule is CC[C@@H](C)NC(=O)[C@@H](CC)N(Cc1ccc(OC)cc1)C(=O)CN(c1cc(OC)ccc1OC)S(C)(=O)=O. The number of hydrogen-bond donors (Lipinski definition) is 1. The Morgan fingerprint density at radius 3 is 2.03 bits per heavy atom. The molecule has 2 aromatic carbocycles. The van der Waals surface area contributed by atoms with Crippen LogP contribution in [0.15, 0.2) is 42.5 Å². The molecule has 0 aromatic heterocycles. The predicted octanol–water partition coefficient (Wildman–Crippen LogP) is 3.20. The first-order valence-corrected chi connectivity index (χ1v) is 14.3. The normalized spacial score (nSPS) is 12.7. The maximum absolute atomic E-state index is 13.9. The van der Waals surface area contributed by atoms with E-state index in [9.17, 15) is 18.0 Å². The van der Waals surface area contributed by atoms with Crippen molar-refractivity contribution < 1.29 is 32.2 Å². The third-order valence-corrected chi connectivity index (χ3v) is 7.36. The summed E-state index contributed by atoms with van der Waals surface area (Å²) in [6.07, 6.45) is 2.08. The number of carbonyl (C=O) groups is 2. The molecule has 0 fully saturated rings. The molecule has 0 radical (unpaired) electrons. The van der Waals surface area contributed by atoms with Crippen molar-refractivity contribution >= 4 is 27.5 Å². The van der Waals surface area contributed by atoms with Gasteiger partial charge in [0.05, 0.1) is 33.3 Å². The minimum atomic E-state index is -3.93. The van der Waals surface area contributed by atoms with Crippen LogP contribution in [-0.2, 0) is 26.2 Å². The highest BCUT2D eigenvalue weighted by Crippen LogP contribution is 2.34. The number of nitrogens with zero attached hydrogens (tertiary/aromatic N) is 2. The number of amides is 2. The van der Waals surface area contributed by atoms with Gasteiger partial charge in [-0.3, -0.25) is 13.9 Å². The van der Waals surface area contributed by atoms with E-state index in [1.165, 1.54) is 25.2 Å². The highest BCUT2D eigenvalue weighted by Gasteiger charge is 2.33. The number of hydrogen-bond acceptors (Lipinski definition) is 7. The van der Waals surface area contributed by atoms with Crippen LogP contribution in [0.2, 0.25) is 0 Å². The molecule has 0 bridgehead atoms. The lowest BCUT2D eigenvalue weighted by Crippen LogP contribution is -2.53. The van der Waals surface area contributed by atoms with Crippen LogP contribution in [0, 0.1) is 0 Å². The van der Waals surface area contributed by atoms with Gasteiger partial charge in [0.25, 0.3) is 0 Å². The van der Waals surface area contributed by atoms with Crippen molar-refractivity contribution in [3.63, 3.8) is 0 Å². The number of anilines is 1. The van der Waals surface area contributed by atoms with Crippen LogP contribution in [-0.4, -0.2) is 71.3 Å². The van der Waals surface area contributed by atoms with Gasteiger partial charge in [-0.05, 0) is 49.6 Å². The Hall–Kier alpha value is -3.47. The molecular formula is C27H39N3O7S. The molecule has 2 aromatic rings. The van der Waals surface area contributed by atoms with Gasteiger partial charge in [-0.1, -0.05) is 26.0 Å². The zero-order chi connectivity index (χ0) is 28.5. The van der Waals surface area contributed by atoms with Crippen molar-refractivity contribution in [2.45, 2.75) is 52.2 Å². The molecule has 2 rings (SSSR count). The molecule has 0 saturated carbocycles. The van der Waals surface area contributed by atoms with Gasteiger partial charge in [-0.15, -0.1) is 0 Å². The Morgan fingerprint density at radius 2 is 1.53 bits per heavy atom. The molecule has 0 aliphatic carbocycles. The fraction of sp³-hybridized carbons (Fsp3) is 0.481. The minimum absolute atomic E-state index is 0.0805. The molecule has 210 valence electrons. The molecule has 0 heterocycles. The van der Waals surface area contributed by atoms with Crippen molar-refractivity contribution in [3.05, 3.63) is 48.0 Å². The van der Waals surface area contributed by atoms with Crippen molar-refractivity contribution in [2.24, 2.45) is 0 Å². The van der Waals surface area contributed by atoms with E-state index < -0.39 is 28.5 Å². The summed E-state index contributed by atoms with van der Waals surface area (Å²) in [4.78, 5) is 28.5. The summed E-state index contributed by atoms with van der Waals surface area (Å²) < 4.78 is 42.7. The van der Waals surface area contributed by atoms with Crippen molar-refractivity contribution in [1.29, 1.82) is 0 Å². The summed E-state index contributed by atoms with van der Waals surface area (Å²) in [7, 11) is 0.502. The molecule has 11 heteroatoms. The van der Waals surface area contributed by atoms with E-state index in [1.54, 1.807) is 43.5 Å². The maximum atomic E-state index is 13.9. The standard InChI is InChI=1S/C27H39N3O7S/c1-8-19(3)28-27(32)23(9-2)29(17-20-10-12-21(35-4)13-11-20)26(31)18-30(38(7,33)34)24-16-22(36-5)14-15-25(24)37-6/h10-16,19,23H,8-9,17-18H2,1-7H3,(H,28,32)/t19-,23-/m1/s1. The largest absolute Gasteiger partial charge is 0.497 e. The molecule has 2 amide bonds. The van der Waals surface area contributed by atoms with E-state index in [1.807, 2.05) is 20.8 Å². The molecular weight excluding hydrogens is 510 g/mol. The van der Waals surface area contributed by atoms with E-state index in [0.29, 0.717) is 17.9 Å². The third-order valence-electron chi connectivity index (χ3n) is 6.23. The molecule has 0 aliphatic heterocycles. The molecule has 2 atom stereocenters. The Labute approximate surface area is 225 Å². The van der Waals surface area contributed by atoms with Gasteiger partial charge in [0, 0.05) is 18.7 Å². The summed E-state index contributed by atoms with van der Waals surface area (Å²) >= 11 is 0. The van der Waals surface area contributed by atoms with E-state index in [0.717, 1.165) is 22.5 Å². The number of ether oxygens (including phenoxy) is 3. The first-order valence-electron chi connectivity index (χ1n) is 12.4. The predicted molar refractivity (Wildman–Crippen MR) is 147 cm³/mol. The lowest BCUT2D eigenvalue weighted by atomic mass is 10.1. The van der Waals surface area contributed by atoms with E-state index in [-0.39, 0.29) is 29.9 Å². The maximum Gasteiger partial charge on any atom is 0.244 e. The Balaban J connectivity index is 2.52. The van der Waals surface area contributed by atoms with Gasteiger partial charge in [-0.25, -0.2) is 8.42 Å². The molecule has 0 aliphatic rings. The van der Waals surface area contributed by atoms with Gasteiger partial charge in [0.15, 0.2) is 0 Å². The van der Waals surface area contributed by atoms with E-state index >= 15 is 0 Å². The number of sulfonamides is 1. The second-order valence-electron chi connectivity index (χ2n) is 8.92. The molecule has 0 saturated heterocycles. The van der Waals surface area contributed by atoms with Gasteiger partial charge in [0.1, 0.15) is 29.8 Å². The van der Waals surface area contributed by atoms with E-state index in [4.69, 9.17) is 14.2 Å². The van der Waals surface area contributed by atoms with Crippen molar-refractivity contribution in [2.75, 3.05) is 38.4 Å². The molecule has 0 unspecified atom stereocenters. The first-order chi connectivity index (χ1) is 18.0. The smallest absolute Gasteiger partial charge is 0.244 e.